The lowest BCUT2D eigenvalue weighted by Gasteiger charge is -2.14. The van der Waals surface area contributed by atoms with E-state index < -0.39 is 0 Å². The predicted molar refractivity (Wildman–Crippen MR) is 105 cm³/mol. The predicted octanol–water partition coefficient (Wildman–Crippen LogP) is 5.93. The number of unbranched alkanes of at least 4 members (excludes halogenated alkanes) is 11. The van der Waals surface area contributed by atoms with Crippen LogP contribution in [0.4, 0.5) is 0 Å². The van der Waals surface area contributed by atoms with Gasteiger partial charge in [-0.05, 0) is 25.2 Å². The number of rotatable bonds is 15. The molecule has 0 aromatic carbocycles. The van der Waals surface area contributed by atoms with E-state index in [1.807, 2.05) is 0 Å². The van der Waals surface area contributed by atoms with Gasteiger partial charge in [0.25, 0.3) is 0 Å². The van der Waals surface area contributed by atoms with Crippen molar-refractivity contribution in [2.75, 3.05) is 0 Å². The first-order valence-electron chi connectivity index (χ1n) is 10.7. The van der Waals surface area contributed by atoms with Gasteiger partial charge in [-0.1, -0.05) is 90.2 Å². The fourth-order valence-electron chi connectivity index (χ4n) is 3.67. The number of nitrogens with one attached hydrogen (secondary N) is 1. The third-order valence-corrected chi connectivity index (χ3v) is 5.35. The smallest absolute Gasteiger partial charge is 0.230 e. The van der Waals surface area contributed by atoms with Gasteiger partial charge in [0.15, 0.2) is 0 Å². The molecule has 3 heteroatoms. The zero-order valence-corrected chi connectivity index (χ0v) is 16.5. The van der Waals surface area contributed by atoms with E-state index in [0.717, 1.165) is 12.8 Å². The standard InChI is InChI=1S/C22H39NO2/c1-3-5-6-7-8-9-10-11-12-13-14-15-16-17-19(4-2)20-18-21(24)23-22(20)25/h16-17,19-20H,3-15,18H2,1-2H3,(H,23,24,25)/b17-16+. The van der Waals surface area contributed by atoms with Crippen molar-refractivity contribution < 1.29 is 9.59 Å². The van der Waals surface area contributed by atoms with Crippen molar-refractivity contribution in [1.82, 2.24) is 5.32 Å². The molecule has 0 saturated carbocycles. The van der Waals surface area contributed by atoms with Crippen LogP contribution in [-0.4, -0.2) is 11.8 Å². The van der Waals surface area contributed by atoms with Crippen molar-refractivity contribution >= 4 is 11.8 Å². The van der Waals surface area contributed by atoms with Gasteiger partial charge in [0, 0.05) is 6.42 Å². The van der Waals surface area contributed by atoms with Gasteiger partial charge in [-0.25, -0.2) is 0 Å². The maximum absolute atomic E-state index is 11.8. The van der Waals surface area contributed by atoms with E-state index in [2.05, 4.69) is 31.3 Å². The van der Waals surface area contributed by atoms with Crippen molar-refractivity contribution in [3.05, 3.63) is 12.2 Å². The van der Waals surface area contributed by atoms with Crippen molar-refractivity contribution in [1.29, 1.82) is 0 Å². The van der Waals surface area contributed by atoms with Crippen molar-refractivity contribution in [2.45, 2.75) is 104 Å². The first-order chi connectivity index (χ1) is 12.2. The minimum absolute atomic E-state index is 0.0869. The summed E-state index contributed by atoms with van der Waals surface area (Å²) in [6, 6.07) is 0. The number of amides is 2. The molecule has 1 N–H and O–H groups in total. The number of hydrogen-bond acceptors (Lipinski definition) is 2. The van der Waals surface area contributed by atoms with Crippen LogP contribution in [0, 0.1) is 11.8 Å². The van der Waals surface area contributed by atoms with Crippen molar-refractivity contribution in [2.24, 2.45) is 11.8 Å². The summed E-state index contributed by atoms with van der Waals surface area (Å²) in [5, 5.41) is 2.42. The minimum atomic E-state index is -0.147. The lowest BCUT2D eigenvalue weighted by atomic mass is 9.88. The quantitative estimate of drug-likeness (QED) is 0.226. The molecule has 1 aliphatic heterocycles. The summed E-state index contributed by atoms with van der Waals surface area (Å²) in [6.07, 6.45) is 21.8. The Morgan fingerprint density at radius 1 is 0.920 bits per heavy atom. The molecule has 25 heavy (non-hydrogen) atoms. The summed E-state index contributed by atoms with van der Waals surface area (Å²) >= 11 is 0. The van der Waals surface area contributed by atoms with Gasteiger partial charge < -0.3 is 0 Å². The van der Waals surface area contributed by atoms with E-state index >= 15 is 0 Å². The molecule has 0 bridgehead atoms. The molecule has 2 unspecified atom stereocenters. The van der Waals surface area contributed by atoms with Gasteiger partial charge in [-0.3, -0.25) is 14.9 Å². The van der Waals surface area contributed by atoms with Crippen LogP contribution in [0.25, 0.3) is 0 Å². The second kappa shape index (κ2) is 14.1. The second-order valence-corrected chi connectivity index (χ2v) is 7.55. The van der Waals surface area contributed by atoms with E-state index in [4.69, 9.17) is 0 Å². The Bertz CT molecular complexity index is 403. The van der Waals surface area contributed by atoms with Gasteiger partial charge in [-0.15, -0.1) is 0 Å². The summed E-state index contributed by atoms with van der Waals surface area (Å²) in [4.78, 5) is 23.1. The molecule has 1 aliphatic rings. The van der Waals surface area contributed by atoms with Crippen LogP contribution in [0.3, 0.4) is 0 Å². The van der Waals surface area contributed by atoms with E-state index in [0.29, 0.717) is 6.42 Å². The van der Waals surface area contributed by atoms with Gasteiger partial charge in [-0.2, -0.15) is 0 Å². The highest BCUT2D eigenvalue weighted by Gasteiger charge is 2.34. The van der Waals surface area contributed by atoms with Crippen molar-refractivity contribution in [3.8, 4) is 0 Å². The molecule has 144 valence electrons. The third-order valence-electron chi connectivity index (χ3n) is 5.35. The Morgan fingerprint density at radius 2 is 1.48 bits per heavy atom. The van der Waals surface area contributed by atoms with Crippen LogP contribution < -0.4 is 5.32 Å². The van der Waals surface area contributed by atoms with Gasteiger partial charge in [0.1, 0.15) is 0 Å². The zero-order chi connectivity index (χ0) is 18.3. The fourth-order valence-corrected chi connectivity index (χ4v) is 3.67. The maximum atomic E-state index is 11.8. The molecule has 2 atom stereocenters. The molecule has 0 aromatic heterocycles. The van der Waals surface area contributed by atoms with Crippen LogP contribution in [-0.2, 0) is 9.59 Å². The summed E-state index contributed by atoms with van der Waals surface area (Å²) in [5.41, 5.74) is 0. The van der Waals surface area contributed by atoms with Gasteiger partial charge >= 0.3 is 0 Å². The fraction of sp³-hybridized carbons (Fsp3) is 0.818. The Morgan fingerprint density at radius 3 is 1.96 bits per heavy atom. The lowest BCUT2D eigenvalue weighted by Crippen LogP contribution is -2.25. The maximum Gasteiger partial charge on any atom is 0.230 e. The molecule has 3 nitrogen and oxygen atoms in total. The summed E-state index contributed by atoms with van der Waals surface area (Å²) < 4.78 is 0. The highest BCUT2D eigenvalue weighted by molar-refractivity contribution is 6.03. The van der Waals surface area contributed by atoms with Crippen molar-refractivity contribution in [3.63, 3.8) is 0 Å². The summed E-state index contributed by atoms with van der Waals surface area (Å²) in [7, 11) is 0. The molecule has 1 rings (SSSR count). The average Bonchev–Trinajstić information content (AvgIpc) is 2.93. The Hall–Kier alpha value is -1.12. The minimum Gasteiger partial charge on any atom is -0.296 e. The van der Waals surface area contributed by atoms with Crippen LogP contribution >= 0.6 is 0 Å². The Labute approximate surface area is 155 Å². The lowest BCUT2D eigenvalue weighted by molar-refractivity contribution is -0.126. The third kappa shape index (κ3) is 9.81. The summed E-state index contributed by atoms with van der Waals surface area (Å²) in [5.74, 6) is -0.145. The van der Waals surface area contributed by atoms with E-state index in [1.54, 1.807) is 0 Å². The van der Waals surface area contributed by atoms with Crippen LogP contribution in [0.1, 0.15) is 104 Å². The molecule has 1 fully saturated rings. The zero-order valence-electron chi connectivity index (χ0n) is 16.5. The molecule has 1 heterocycles. The molecule has 0 radical (unpaired) electrons. The Balaban J connectivity index is 1.98. The second-order valence-electron chi connectivity index (χ2n) is 7.55. The molecule has 0 aromatic rings. The Kier molecular flexibility index (Phi) is 12.4. The van der Waals surface area contributed by atoms with Crippen LogP contribution in [0.5, 0.6) is 0 Å². The SMILES string of the molecule is CCCCCCCCCCCCC/C=C/C(CC)C1CC(=O)NC1=O. The first-order valence-corrected chi connectivity index (χ1v) is 10.7. The van der Waals surface area contributed by atoms with Gasteiger partial charge in [0.05, 0.1) is 5.92 Å². The van der Waals surface area contributed by atoms with E-state index in [-0.39, 0.29) is 23.7 Å². The molecule has 0 aliphatic carbocycles. The van der Waals surface area contributed by atoms with E-state index in [9.17, 15) is 9.59 Å². The molecule has 1 saturated heterocycles. The number of hydrogen-bond donors (Lipinski definition) is 1. The average molecular weight is 350 g/mol. The largest absolute Gasteiger partial charge is 0.296 e. The summed E-state index contributed by atoms with van der Waals surface area (Å²) in [6.45, 7) is 4.36. The van der Waals surface area contributed by atoms with Crippen LogP contribution in [0.15, 0.2) is 12.2 Å². The number of allylic oxidation sites excluding steroid dienone is 2. The molecular formula is C22H39NO2. The highest BCUT2D eigenvalue weighted by Crippen LogP contribution is 2.25. The van der Waals surface area contributed by atoms with E-state index in [1.165, 1.54) is 70.6 Å². The topological polar surface area (TPSA) is 46.2 Å². The normalized spacial score (nSPS) is 18.9. The molecular weight excluding hydrogens is 310 g/mol. The number of carbonyl (C=O) groups is 2. The number of carbonyl (C=O) groups excluding carboxylic acids is 2. The molecule has 2 amide bonds. The monoisotopic (exact) mass is 349 g/mol. The van der Waals surface area contributed by atoms with Gasteiger partial charge in [0.2, 0.25) is 11.8 Å². The number of imide groups is 1. The highest BCUT2D eigenvalue weighted by atomic mass is 16.2. The van der Waals surface area contributed by atoms with Crippen LogP contribution in [0.2, 0.25) is 0 Å². The molecule has 0 spiro atoms. The first kappa shape index (κ1) is 21.9.